The first-order valence-corrected chi connectivity index (χ1v) is 6.79. The maximum Gasteiger partial charge on any atom is 0.226 e. The van der Waals surface area contributed by atoms with E-state index in [9.17, 15) is 4.79 Å². The van der Waals surface area contributed by atoms with Gasteiger partial charge >= 0.3 is 0 Å². The lowest BCUT2D eigenvalue weighted by atomic mass is 10.0. The number of halogens is 1. The van der Waals surface area contributed by atoms with E-state index >= 15 is 0 Å². The summed E-state index contributed by atoms with van der Waals surface area (Å²) in [4.78, 5) is 14.5. The van der Waals surface area contributed by atoms with Crippen LogP contribution in [-0.4, -0.2) is 36.5 Å². The van der Waals surface area contributed by atoms with Crippen molar-refractivity contribution in [1.29, 1.82) is 0 Å². The van der Waals surface area contributed by atoms with Crippen LogP contribution in [0.3, 0.4) is 0 Å². The SMILES string of the molecule is CC1CN(C(=O)C2C3CCCCC32)CCN1.Cl. The summed E-state index contributed by atoms with van der Waals surface area (Å²) in [5.74, 6) is 2.39. The zero-order chi connectivity index (χ0) is 11.1. The maximum atomic E-state index is 12.4. The van der Waals surface area contributed by atoms with E-state index in [0.717, 1.165) is 31.5 Å². The van der Waals surface area contributed by atoms with Crippen LogP contribution in [0, 0.1) is 17.8 Å². The molecule has 3 rings (SSSR count). The van der Waals surface area contributed by atoms with Gasteiger partial charge in [-0.05, 0) is 31.6 Å². The van der Waals surface area contributed by atoms with E-state index in [2.05, 4.69) is 17.1 Å². The molecular weight excluding hydrogens is 236 g/mol. The Hall–Kier alpha value is -0.280. The van der Waals surface area contributed by atoms with Crippen molar-refractivity contribution in [3.63, 3.8) is 0 Å². The van der Waals surface area contributed by atoms with Gasteiger partial charge in [0.2, 0.25) is 5.91 Å². The molecule has 98 valence electrons. The number of fused-ring (bicyclic) bond motifs is 1. The molecule has 3 aliphatic rings. The predicted molar refractivity (Wildman–Crippen MR) is 70.2 cm³/mol. The van der Waals surface area contributed by atoms with Gasteiger partial charge in [0.25, 0.3) is 0 Å². The first-order chi connectivity index (χ1) is 7.77. The minimum Gasteiger partial charge on any atom is -0.340 e. The largest absolute Gasteiger partial charge is 0.340 e. The molecular formula is C13H23ClN2O. The summed E-state index contributed by atoms with van der Waals surface area (Å²) in [6.45, 7) is 4.96. The van der Waals surface area contributed by atoms with Crippen LogP contribution in [0.2, 0.25) is 0 Å². The number of nitrogens with one attached hydrogen (secondary N) is 1. The molecule has 1 aliphatic heterocycles. The van der Waals surface area contributed by atoms with E-state index in [4.69, 9.17) is 0 Å². The minimum absolute atomic E-state index is 0. The molecule has 1 heterocycles. The third-order valence-corrected chi connectivity index (χ3v) is 4.62. The summed E-state index contributed by atoms with van der Waals surface area (Å²) in [7, 11) is 0. The number of amides is 1. The predicted octanol–water partition coefficient (Wildman–Crippen LogP) is 1.66. The Labute approximate surface area is 110 Å². The summed E-state index contributed by atoms with van der Waals surface area (Å²) in [5, 5.41) is 3.39. The molecule has 0 aromatic heterocycles. The monoisotopic (exact) mass is 258 g/mol. The summed E-state index contributed by atoms with van der Waals surface area (Å²) in [6, 6.07) is 0.471. The molecule has 0 spiro atoms. The highest BCUT2D eigenvalue weighted by molar-refractivity contribution is 5.85. The number of hydrogen-bond donors (Lipinski definition) is 1. The molecule has 1 N–H and O–H groups in total. The Morgan fingerprint density at radius 2 is 1.88 bits per heavy atom. The standard InChI is InChI=1S/C13H22N2O.ClH/c1-9-8-15(7-6-14-9)13(16)12-10-4-2-3-5-11(10)12;/h9-12,14H,2-8H2,1H3;1H. The van der Waals surface area contributed by atoms with Gasteiger partial charge in [-0.25, -0.2) is 0 Å². The van der Waals surface area contributed by atoms with E-state index in [-0.39, 0.29) is 12.4 Å². The normalized spacial score (nSPS) is 40.2. The van der Waals surface area contributed by atoms with E-state index in [1.165, 1.54) is 25.7 Å². The van der Waals surface area contributed by atoms with Crippen molar-refractivity contribution in [2.45, 2.75) is 38.6 Å². The zero-order valence-corrected chi connectivity index (χ0v) is 11.3. The van der Waals surface area contributed by atoms with Gasteiger partial charge in [-0.1, -0.05) is 12.8 Å². The quantitative estimate of drug-likeness (QED) is 0.776. The van der Waals surface area contributed by atoms with Crippen molar-refractivity contribution in [1.82, 2.24) is 10.2 Å². The Morgan fingerprint density at radius 1 is 1.24 bits per heavy atom. The molecule has 1 saturated heterocycles. The second-order valence-electron chi connectivity index (χ2n) is 5.78. The van der Waals surface area contributed by atoms with Crippen LogP contribution in [0.1, 0.15) is 32.6 Å². The number of carbonyl (C=O) groups is 1. The van der Waals surface area contributed by atoms with E-state index in [0.29, 0.717) is 17.9 Å². The second-order valence-corrected chi connectivity index (χ2v) is 5.78. The van der Waals surface area contributed by atoms with Gasteiger partial charge in [0.05, 0.1) is 0 Å². The molecule has 0 aromatic rings. The molecule has 0 bridgehead atoms. The molecule has 4 heteroatoms. The van der Waals surface area contributed by atoms with Crippen LogP contribution in [0.15, 0.2) is 0 Å². The zero-order valence-electron chi connectivity index (χ0n) is 10.5. The molecule has 2 saturated carbocycles. The molecule has 0 radical (unpaired) electrons. The highest BCUT2D eigenvalue weighted by atomic mass is 35.5. The van der Waals surface area contributed by atoms with Crippen molar-refractivity contribution in [3.8, 4) is 0 Å². The number of nitrogens with zero attached hydrogens (tertiary/aromatic N) is 1. The molecule has 0 aromatic carbocycles. The van der Waals surface area contributed by atoms with Crippen molar-refractivity contribution in [2.75, 3.05) is 19.6 Å². The fraction of sp³-hybridized carbons (Fsp3) is 0.923. The van der Waals surface area contributed by atoms with Gasteiger partial charge in [0.15, 0.2) is 0 Å². The van der Waals surface area contributed by atoms with Crippen LogP contribution in [0.4, 0.5) is 0 Å². The average Bonchev–Trinajstić information content (AvgIpc) is 3.02. The lowest BCUT2D eigenvalue weighted by Crippen LogP contribution is -2.52. The number of carbonyl (C=O) groups excluding carboxylic acids is 1. The highest BCUT2D eigenvalue weighted by Gasteiger charge is 2.55. The minimum atomic E-state index is 0. The van der Waals surface area contributed by atoms with Crippen molar-refractivity contribution < 1.29 is 4.79 Å². The first-order valence-electron chi connectivity index (χ1n) is 6.79. The second kappa shape index (κ2) is 5.15. The van der Waals surface area contributed by atoms with Gasteiger partial charge in [-0.3, -0.25) is 4.79 Å². The topological polar surface area (TPSA) is 32.3 Å². The van der Waals surface area contributed by atoms with E-state index in [1.807, 2.05) is 0 Å². The summed E-state index contributed by atoms with van der Waals surface area (Å²) < 4.78 is 0. The van der Waals surface area contributed by atoms with E-state index < -0.39 is 0 Å². The fourth-order valence-corrected chi connectivity index (χ4v) is 3.70. The smallest absolute Gasteiger partial charge is 0.226 e. The van der Waals surface area contributed by atoms with Gasteiger partial charge in [-0.15, -0.1) is 12.4 Å². The van der Waals surface area contributed by atoms with Crippen LogP contribution in [-0.2, 0) is 4.79 Å². The highest BCUT2D eigenvalue weighted by Crippen LogP contribution is 2.56. The van der Waals surface area contributed by atoms with Crippen molar-refractivity contribution >= 4 is 18.3 Å². The Kier molecular flexibility index (Phi) is 3.99. The third-order valence-electron chi connectivity index (χ3n) is 4.62. The maximum absolute atomic E-state index is 12.4. The fourth-order valence-electron chi connectivity index (χ4n) is 3.70. The molecule has 2 aliphatic carbocycles. The first kappa shape index (κ1) is 13.2. The van der Waals surface area contributed by atoms with E-state index in [1.54, 1.807) is 0 Å². The Balaban J connectivity index is 0.00000108. The Morgan fingerprint density at radius 3 is 2.47 bits per heavy atom. The van der Waals surface area contributed by atoms with Crippen LogP contribution in [0.25, 0.3) is 0 Å². The van der Waals surface area contributed by atoms with Gasteiger partial charge in [0.1, 0.15) is 0 Å². The van der Waals surface area contributed by atoms with Crippen molar-refractivity contribution in [3.05, 3.63) is 0 Å². The summed E-state index contributed by atoms with van der Waals surface area (Å²) in [5.41, 5.74) is 0. The molecule has 17 heavy (non-hydrogen) atoms. The third kappa shape index (κ3) is 2.45. The average molecular weight is 259 g/mol. The lowest BCUT2D eigenvalue weighted by Gasteiger charge is -2.32. The number of rotatable bonds is 1. The van der Waals surface area contributed by atoms with Crippen LogP contribution >= 0.6 is 12.4 Å². The van der Waals surface area contributed by atoms with Gasteiger partial charge in [-0.2, -0.15) is 0 Å². The number of hydrogen-bond acceptors (Lipinski definition) is 2. The molecule has 3 fully saturated rings. The molecule has 3 unspecified atom stereocenters. The molecule has 3 atom stereocenters. The van der Waals surface area contributed by atoms with Gasteiger partial charge in [0, 0.05) is 31.6 Å². The summed E-state index contributed by atoms with van der Waals surface area (Å²) in [6.07, 6.45) is 5.32. The molecule has 1 amide bonds. The number of piperazine rings is 1. The Bertz CT molecular complexity index is 281. The molecule has 3 nitrogen and oxygen atoms in total. The lowest BCUT2D eigenvalue weighted by molar-refractivity contribution is -0.134. The van der Waals surface area contributed by atoms with Crippen molar-refractivity contribution in [2.24, 2.45) is 17.8 Å². The summed E-state index contributed by atoms with van der Waals surface area (Å²) >= 11 is 0. The van der Waals surface area contributed by atoms with Gasteiger partial charge < -0.3 is 10.2 Å². The van der Waals surface area contributed by atoms with Crippen LogP contribution < -0.4 is 5.32 Å². The van der Waals surface area contributed by atoms with Crippen LogP contribution in [0.5, 0.6) is 0 Å².